The third-order valence-electron chi connectivity index (χ3n) is 3.16. The van der Waals surface area contributed by atoms with Crippen LogP contribution >= 0.6 is 0 Å². The topological polar surface area (TPSA) is 50.7 Å². The summed E-state index contributed by atoms with van der Waals surface area (Å²) in [5, 5.41) is 7.11. The molecule has 0 aliphatic heterocycles. The van der Waals surface area contributed by atoms with E-state index in [0.717, 1.165) is 5.71 Å². The minimum atomic E-state index is -0.128. The molecule has 1 amide bonds. The molecule has 1 atom stereocenters. The Balaban J connectivity index is 4.57. The lowest BCUT2D eigenvalue weighted by molar-refractivity contribution is -0.126. The molecule has 0 bridgehead atoms. The Morgan fingerprint density at radius 2 is 1.50 bits per heavy atom. The summed E-state index contributed by atoms with van der Waals surface area (Å²) in [4.78, 5) is 17.0. The SMILES string of the molecule is CC(C)C(C)NC(=O)CON=C(C(C)(C)C)C(C)(C)C. The Morgan fingerprint density at radius 3 is 1.85 bits per heavy atom. The van der Waals surface area contributed by atoms with Crippen molar-refractivity contribution < 1.29 is 9.63 Å². The molecule has 0 radical (unpaired) electrons. The van der Waals surface area contributed by atoms with Crippen LogP contribution in [0.25, 0.3) is 0 Å². The quantitative estimate of drug-likeness (QED) is 0.619. The molecule has 4 heteroatoms. The fourth-order valence-corrected chi connectivity index (χ4v) is 2.02. The van der Waals surface area contributed by atoms with Gasteiger partial charge in [-0.3, -0.25) is 4.79 Å². The van der Waals surface area contributed by atoms with E-state index in [1.807, 2.05) is 6.92 Å². The van der Waals surface area contributed by atoms with Crippen LogP contribution in [0, 0.1) is 16.7 Å². The van der Waals surface area contributed by atoms with Gasteiger partial charge in [-0.2, -0.15) is 0 Å². The zero-order valence-corrected chi connectivity index (χ0v) is 14.6. The molecule has 0 heterocycles. The first-order valence-electron chi connectivity index (χ1n) is 7.36. The Hall–Kier alpha value is -1.06. The third kappa shape index (κ3) is 6.92. The molecule has 0 aromatic heterocycles. The first-order chi connectivity index (χ1) is 8.85. The second-order valence-electron chi connectivity index (χ2n) is 7.81. The molecule has 0 fully saturated rings. The van der Waals surface area contributed by atoms with Crippen molar-refractivity contribution in [3.8, 4) is 0 Å². The Labute approximate surface area is 124 Å². The van der Waals surface area contributed by atoms with Gasteiger partial charge in [0, 0.05) is 16.9 Å². The van der Waals surface area contributed by atoms with E-state index < -0.39 is 0 Å². The van der Waals surface area contributed by atoms with E-state index in [-0.39, 0.29) is 29.4 Å². The zero-order valence-electron chi connectivity index (χ0n) is 14.6. The summed E-state index contributed by atoms with van der Waals surface area (Å²) in [6, 6.07) is 0.139. The second-order valence-corrected chi connectivity index (χ2v) is 7.81. The van der Waals surface area contributed by atoms with Crippen LogP contribution < -0.4 is 5.32 Å². The van der Waals surface area contributed by atoms with Crippen LogP contribution in [0.3, 0.4) is 0 Å². The molecule has 0 aromatic rings. The molecule has 0 aliphatic carbocycles. The first-order valence-corrected chi connectivity index (χ1v) is 7.36. The van der Waals surface area contributed by atoms with E-state index in [0.29, 0.717) is 5.92 Å². The van der Waals surface area contributed by atoms with Gasteiger partial charge in [-0.05, 0) is 12.8 Å². The van der Waals surface area contributed by atoms with Gasteiger partial charge in [-0.15, -0.1) is 0 Å². The molecule has 118 valence electrons. The van der Waals surface area contributed by atoms with Crippen molar-refractivity contribution in [2.75, 3.05) is 6.61 Å². The number of hydrogen-bond acceptors (Lipinski definition) is 3. The third-order valence-corrected chi connectivity index (χ3v) is 3.16. The molecule has 0 saturated carbocycles. The van der Waals surface area contributed by atoms with E-state index in [9.17, 15) is 4.79 Å². The molecular weight excluding hydrogens is 252 g/mol. The Kier molecular flexibility index (Phi) is 6.72. The number of carbonyl (C=O) groups excluding carboxylic acids is 1. The number of rotatable bonds is 5. The lowest BCUT2D eigenvalue weighted by Crippen LogP contribution is -2.38. The smallest absolute Gasteiger partial charge is 0.260 e. The van der Waals surface area contributed by atoms with Crippen molar-refractivity contribution in [3.63, 3.8) is 0 Å². The fraction of sp³-hybridized carbons (Fsp3) is 0.875. The summed E-state index contributed by atoms with van der Waals surface area (Å²) in [6.45, 7) is 18.7. The molecule has 0 spiro atoms. The highest BCUT2D eigenvalue weighted by atomic mass is 16.6. The number of nitrogens with one attached hydrogen (secondary N) is 1. The molecule has 0 aromatic carbocycles. The minimum absolute atomic E-state index is 0.0350. The number of oxime groups is 1. The minimum Gasteiger partial charge on any atom is -0.386 e. The Morgan fingerprint density at radius 1 is 1.05 bits per heavy atom. The molecule has 1 unspecified atom stereocenters. The monoisotopic (exact) mass is 284 g/mol. The van der Waals surface area contributed by atoms with Crippen LogP contribution in [0.2, 0.25) is 0 Å². The van der Waals surface area contributed by atoms with Crippen LogP contribution in [0.15, 0.2) is 5.16 Å². The van der Waals surface area contributed by atoms with Crippen LogP contribution in [-0.2, 0) is 9.63 Å². The molecule has 20 heavy (non-hydrogen) atoms. The second kappa shape index (κ2) is 7.09. The van der Waals surface area contributed by atoms with Crippen molar-refractivity contribution >= 4 is 11.6 Å². The van der Waals surface area contributed by atoms with Crippen molar-refractivity contribution in [3.05, 3.63) is 0 Å². The average Bonchev–Trinajstić information content (AvgIpc) is 2.20. The van der Waals surface area contributed by atoms with Crippen LogP contribution in [0.5, 0.6) is 0 Å². The maximum absolute atomic E-state index is 11.7. The normalized spacial score (nSPS) is 13.9. The summed E-state index contributed by atoms with van der Waals surface area (Å²) >= 11 is 0. The average molecular weight is 284 g/mol. The highest BCUT2D eigenvalue weighted by Gasteiger charge is 2.31. The number of amides is 1. The van der Waals surface area contributed by atoms with Crippen molar-refractivity contribution in [2.24, 2.45) is 21.9 Å². The number of hydrogen-bond donors (Lipinski definition) is 1. The maximum Gasteiger partial charge on any atom is 0.260 e. The van der Waals surface area contributed by atoms with Crippen molar-refractivity contribution in [2.45, 2.75) is 68.4 Å². The van der Waals surface area contributed by atoms with E-state index in [1.165, 1.54) is 0 Å². The summed E-state index contributed by atoms with van der Waals surface area (Å²) in [5.41, 5.74) is 0.787. The maximum atomic E-state index is 11.7. The molecule has 0 rings (SSSR count). The van der Waals surface area contributed by atoms with Gasteiger partial charge in [-0.25, -0.2) is 0 Å². The summed E-state index contributed by atoms with van der Waals surface area (Å²) in [6.07, 6.45) is 0. The van der Waals surface area contributed by atoms with Crippen LogP contribution in [0.4, 0.5) is 0 Å². The lowest BCUT2D eigenvalue weighted by atomic mass is 9.75. The molecule has 1 N–H and O–H groups in total. The zero-order chi connectivity index (χ0) is 16.1. The van der Waals surface area contributed by atoms with Gasteiger partial charge in [-0.1, -0.05) is 60.5 Å². The molecular formula is C16H32N2O2. The molecule has 0 aliphatic rings. The van der Waals surface area contributed by atoms with Crippen molar-refractivity contribution in [1.29, 1.82) is 0 Å². The van der Waals surface area contributed by atoms with E-state index in [2.05, 4.69) is 65.9 Å². The van der Waals surface area contributed by atoms with E-state index in [1.54, 1.807) is 0 Å². The van der Waals surface area contributed by atoms with Crippen molar-refractivity contribution in [1.82, 2.24) is 5.32 Å². The fourth-order valence-electron chi connectivity index (χ4n) is 2.02. The van der Waals surface area contributed by atoms with Gasteiger partial charge in [0.25, 0.3) is 5.91 Å². The van der Waals surface area contributed by atoms with Gasteiger partial charge < -0.3 is 10.2 Å². The van der Waals surface area contributed by atoms with E-state index in [4.69, 9.17) is 4.84 Å². The highest BCUT2D eigenvalue weighted by molar-refractivity contribution is 5.93. The Bertz CT molecular complexity index is 330. The highest BCUT2D eigenvalue weighted by Crippen LogP contribution is 2.30. The summed E-state index contributed by atoms with van der Waals surface area (Å²) < 4.78 is 0. The van der Waals surface area contributed by atoms with E-state index >= 15 is 0 Å². The molecule has 0 saturated heterocycles. The number of carbonyl (C=O) groups is 1. The van der Waals surface area contributed by atoms with Gasteiger partial charge in [0.1, 0.15) is 0 Å². The standard InChI is InChI=1S/C16H32N2O2/c1-11(2)12(3)17-13(19)10-20-18-14(15(4,5)6)16(7,8)9/h11-12H,10H2,1-9H3,(H,17,19). The van der Waals surface area contributed by atoms with Gasteiger partial charge in [0.15, 0.2) is 6.61 Å². The first kappa shape index (κ1) is 18.9. The molecule has 4 nitrogen and oxygen atoms in total. The summed E-state index contributed by atoms with van der Waals surface area (Å²) in [5.74, 6) is 0.277. The largest absolute Gasteiger partial charge is 0.386 e. The van der Waals surface area contributed by atoms with Crippen LogP contribution in [0.1, 0.15) is 62.3 Å². The predicted molar refractivity (Wildman–Crippen MR) is 84.7 cm³/mol. The predicted octanol–water partition coefficient (Wildman–Crippen LogP) is 3.61. The van der Waals surface area contributed by atoms with Gasteiger partial charge in [0.2, 0.25) is 0 Å². The lowest BCUT2D eigenvalue weighted by Gasteiger charge is -2.31. The number of nitrogens with zero attached hydrogens (tertiary/aromatic N) is 1. The van der Waals surface area contributed by atoms with Crippen LogP contribution in [-0.4, -0.2) is 24.3 Å². The summed E-state index contributed by atoms with van der Waals surface area (Å²) in [7, 11) is 0. The van der Waals surface area contributed by atoms with Gasteiger partial charge >= 0.3 is 0 Å². The van der Waals surface area contributed by atoms with Gasteiger partial charge in [0.05, 0.1) is 5.71 Å².